The van der Waals surface area contributed by atoms with Gasteiger partial charge in [0.1, 0.15) is 5.69 Å². The minimum Gasteiger partial charge on any atom is -0.352 e. The van der Waals surface area contributed by atoms with E-state index in [9.17, 15) is 9.59 Å². The molecular formula is C22H22N6O2. The van der Waals surface area contributed by atoms with Crippen molar-refractivity contribution in [3.63, 3.8) is 0 Å². The summed E-state index contributed by atoms with van der Waals surface area (Å²) < 4.78 is 0. The summed E-state index contributed by atoms with van der Waals surface area (Å²) in [5, 5.41) is 11.3. The molecule has 1 saturated heterocycles. The third kappa shape index (κ3) is 4.60. The number of pyridine rings is 1. The number of hydrogen-bond acceptors (Lipinski definition) is 6. The highest BCUT2D eigenvalue weighted by Crippen LogP contribution is 2.17. The molecule has 2 amide bonds. The predicted molar refractivity (Wildman–Crippen MR) is 113 cm³/mol. The zero-order valence-electron chi connectivity index (χ0n) is 16.4. The minimum atomic E-state index is -0.245. The second kappa shape index (κ2) is 9.13. The quantitative estimate of drug-likeness (QED) is 0.697. The van der Waals surface area contributed by atoms with E-state index in [0.717, 1.165) is 17.2 Å². The lowest BCUT2D eigenvalue weighted by atomic mass is 10.2. The Balaban J connectivity index is 1.27. The Morgan fingerprint density at radius 2 is 1.60 bits per heavy atom. The first-order chi connectivity index (χ1) is 14.7. The van der Waals surface area contributed by atoms with Gasteiger partial charge in [-0.3, -0.25) is 14.6 Å². The van der Waals surface area contributed by atoms with Gasteiger partial charge in [0.05, 0.1) is 12.2 Å². The maximum Gasteiger partial charge on any atom is 0.251 e. The van der Waals surface area contributed by atoms with Crippen molar-refractivity contribution in [3.05, 3.63) is 72.4 Å². The molecule has 0 spiro atoms. The molecular weight excluding hydrogens is 380 g/mol. The molecule has 8 nitrogen and oxygen atoms in total. The normalized spacial score (nSPS) is 13.7. The molecule has 8 heteroatoms. The number of carbonyl (C=O) groups is 2. The molecule has 30 heavy (non-hydrogen) atoms. The standard InChI is InChI=1S/C22H22N6O2/c29-21(16-24-22(30)17-6-2-1-3-7-17)28-14-12-27(13-15-28)20-10-9-19(25-26-20)18-8-4-5-11-23-18/h1-11H,12-16H2,(H,24,30). The summed E-state index contributed by atoms with van der Waals surface area (Å²) in [7, 11) is 0. The lowest BCUT2D eigenvalue weighted by Gasteiger charge is -2.35. The Morgan fingerprint density at radius 1 is 0.833 bits per heavy atom. The first kappa shape index (κ1) is 19.5. The number of aromatic nitrogens is 3. The van der Waals surface area contributed by atoms with Crippen LogP contribution in [0.25, 0.3) is 11.4 Å². The maximum absolute atomic E-state index is 12.4. The van der Waals surface area contributed by atoms with Crippen LogP contribution < -0.4 is 10.2 Å². The molecule has 4 rings (SSSR count). The zero-order valence-corrected chi connectivity index (χ0v) is 16.4. The van der Waals surface area contributed by atoms with Gasteiger partial charge in [-0.25, -0.2) is 0 Å². The summed E-state index contributed by atoms with van der Waals surface area (Å²) in [6.07, 6.45) is 1.73. The smallest absolute Gasteiger partial charge is 0.251 e. The summed E-state index contributed by atoms with van der Waals surface area (Å²) in [5.74, 6) is 0.445. The second-order valence-corrected chi connectivity index (χ2v) is 6.91. The van der Waals surface area contributed by atoms with E-state index < -0.39 is 0 Å². The van der Waals surface area contributed by atoms with Crippen LogP contribution in [0.4, 0.5) is 5.82 Å². The topological polar surface area (TPSA) is 91.3 Å². The van der Waals surface area contributed by atoms with Crippen LogP contribution in [-0.2, 0) is 4.79 Å². The summed E-state index contributed by atoms with van der Waals surface area (Å²) in [5.41, 5.74) is 2.05. The molecule has 0 aliphatic carbocycles. The SMILES string of the molecule is O=C(NCC(=O)N1CCN(c2ccc(-c3ccccn3)nn2)CC1)c1ccccc1. The van der Waals surface area contributed by atoms with Crippen molar-refractivity contribution in [2.24, 2.45) is 0 Å². The monoisotopic (exact) mass is 402 g/mol. The van der Waals surface area contributed by atoms with Gasteiger partial charge in [0.15, 0.2) is 5.82 Å². The van der Waals surface area contributed by atoms with Crippen molar-refractivity contribution >= 4 is 17.6 Å². The molecule has 0 radical (unpaired) electrons. The Morgan fingerprint density at radius 3 is 2.27 bits per heavy atom. The summed E-state index contributed by atoms with van der Waals surface area (Å²) in [6, 6.07) is 18.4. The molecule has 2 aromatic heterocycles. The number of anilines is 1. The van der Waals surface area contributed by atoms with E-state index in [1.807, 2.05) is 36.4 Å². The molecule has 1 fully saturated rings. The number of carbonyl (C=O) groups excluding carboxylic acids is 2. The van der Waals surface area contributed by atoms with E-state index in [4.69, 9.17) is 0 Å². The fourth-order valence-electron chi connectivity index (χ4n) is 3.29. The molecule has 0 bridgehead atoms. The van der Waals surface area contributed by atoms with Crippen LogP contribution in [0.15, 0.2) is 66.9 Å². The number of nitrogens with one attached hydrogen (secondary N) is 1. The molecule has 3 aromatic rings. The van der Waals surface area contributed by atoms with Gasteiger partial charge in [-0.1, -0.05) is 24.3 Å². The van der Waals surface area contributed by atoms with Crippen LogP contribution in [0, 0.1) is 0 Å². The average molecular weight is 402 g/mol. The van der Waals surface area contributed by atoms with Crippen LogP contribution in [-0.4, -0.2) is 64.6 Å². The number of amides is 2. The van der Waals surface area contributed by atoms with Gasteiger partial charge < -0.3 is 15.1 Å². The fourth-order valence-corrected chi connectivity index (χ4v) is 3.29. The van der Waals surface area contributed by atoms with Crippen LogP contribution in [0.3, 0.4) is 0 Å². The van der Waals surface area contributed by atoms with Gasteiger partial charge in [-0.2, -0.15) is 0 Å². The Hall–Kier alpha value is -3.81. The molecule has 1 aliphatic heterocycles. The van der Waals surface area contributed by atoms with E-state index in [-0.39, 0.29) is 18.4 Å². The largest absolute Gasteiger partial charge is 0.352 e. The second-order valence-electron chi connectivity index (χ2n) is 6.91. The van der Waals surface area contributed by atoms with Crippen molar-refractivity contribution in [1.82, 2.24) is 25.4 Å². The highest BCUT2D eigenvalue weighted by molar-refractivity contribution is 5.96. The van der Waals surface area contributed by atoms with Crippen LogP contribution in [0.2, 0.25) is 0 Å². The van der Waals surface area contributed by atoms with Crippen LogP contribution >= 0.6 is 0 Å². The van der Waals surface area contributed by atoms with Crippen LogP contribution in [0.1, 0.15) is 10.4 Å². The molecule has 1 aliphatic rings. The molecule has 1 aromatic carbocycles. The van der Waals surface area contributed by atoms with E-state index in [1.54, 1.807) is 35.4 Å². The van der Waals surface area contributed by atoms with Crippen molar-refractivity contribution < 1.29 is 9.59 Å². The van der Waals surface area contributed by atoms with Gasteiger partial charge in [-0.15, -0.1) is 10.2 Å². The number of nitrogens with zero attached hydrogens (tertiary/aromatic N) is 5. The molecule has 0 unspecified atom stereocenters. The fraction of sp³-hybridized carbons (Fsp3) is 0.227. The molecule has 152 valence electrons. The lowest BCUT2D eigenvalue weighted by Crippen LogP contribution is -2.51. The zero-order chi connectivity index (χ0) is 20.8. The lowest BCUT2D eigenvalue weighted by molar-refractivity contribution is -0.130. The average Bonchev–Trinajstić information content (AvgIpc) is 2.83. The van der Waals surface area contributed by atoms with E-state index in [0.29, 0.717) is 31.7 Å². The van der Waals surface area contributed by atoms with Gasteiger partial charge in [0.25, 0.3) is 5.91 Å². The molecule has 3 heterocycles. The number of rotatable bonds is 5. The first-order valence-electron chi connectivity index (χ1n) is 9.82. The van der Waals surface area contributed by atoms with Crippen LogP contribution in [0.5, 0.6) is 0 Å². The van der Waals surface area contributed by atoms with E-state index in [2.05, 4.69) is 25.4 Å². The van der Waals surface area contributed by atoms with Gasteiger partial charge in [0, 0.05) is 37.9 Å². The van der Waals surface area contributed by atoms with Crippen molar-refractivity contribution in [2.75, 3.05) is 37.6 Å². The Kier molecular flexibility index (Phi) is 5.93. The number of benzene rings is 1. The Bertz CT molecular complexity index is 987. The third-order valence-corrected chi connectivity index (χ3v) is 4.97. The molecule has 1 N–H and O–H groups in total. The minimum absolute atomic E-state index is 0.00763. The van der Waals surface area contributed by atoms with Crippen molar-refractivity contribution in [2.45, 2.75) is 0 Å². The Labute approximate surface area is 174 Å². The summed E-state index contributed by atoms with van der Waals surface area (Å²) in [6.45, 7) is 2.46. The highest BCUT2D eigenvalue weighted by Gasteiger charge is 2.22. The van der Waals surface area contributed by atoms with Gasteiger partial charge in [-0.05, 0) is 36.4 Å². The number of hydrogen-bond donors (Lipinski definition) is 1. The van der Waals surface area contributed by atoms with Gasteiger partial charge in [0.2, 0.25) is 5.91 Å². The summed E-state index contributed by atoms with van der Waals surface area (Å²) >= 11 is 0. The molecule has 0 atom stereocenters. The highest BCUT2D eigenvalue weighted by atomic mass is 16.2. The summed E-state index contributed by atoms with van der Waals surface area (Å²) in [4.78, 5) is 32.7. The third-order valence-electron chi connectivity index (χ3n) is 4.97. The van der Waals surface area contributed by atoms with Gasteiger partial charge >= 0.3 is 0 Å². The van der Waals surface area contributed by atoms with Crippen molar-refractivity contribution in [3.8, 4) is 11.4 Å². The first-order valence-corrected chi connectivity index (χ1v) is 9.82. The predicted octanol–water partition coefficient (Wildman–Crippen LogP) is 1.62. The van der Waals surface area contributed by atoms with E-state index >= 15 is 0 Å². The van der Waals surface area contributed by atoms with E-state index in [1.165, 1.54) is 0 Å². The van der Waals surface area contributed by atoms with Crippen molar-refractivity contribution in [1.29, 1.82) is 0 Å². The number of piperazine rings is 1. The maximum atomic E-state index is 12.4. The molecule has 0 saturated carbocycles.